The van der Waals surface area contributed by atoms with Crippen LogP contribution in [0.2, 0.25) is 0 Å². The fourth-order valence-electron chi connectivity index (χ4n) is 3.48. The number of aromatic nitrogens is 2. The predicted octanol–water partition coefficient (Wildman–Crippen LogP) is 3.80. The molecule has 1 unspecified atom stereocenters. The molecule has 4 aromatic rings. The average Bonchev–Trinajstić information content (AvgIpc) is 3.33. The SMILES string of the molecule is COc1ccc(-n2c(=O)c(CCC(=O)NC(C)c3ccco3)nc3ccccc32)cc1. The van der Waals surface area contributed by atoms with Crippen LogP contribution in [0, 0.1) is 0 Å². The summed E-state index contributed by atoms with van der Waals surface area (Å²) >= 11 is 0. The lowest BCUT2D eigenvalue weighted by molar-refractivity contribution is -0.121. The van der Waals surface area contributed by atoms with E-state index in [0.717, 1.165) is 0 Å². The van der Waals surface area contributed by atoms with Gasteiger partial charge in [-0.05, 0) is 55.5 Å². The number of ether oxygens (including phenoxy) is 1. The third-order valence-electron chi connectivity index (χ3n) is 5.09. The van der Waals surface area contributed by atoms with E-state index >= 15 is 0 Å². The lowest BCUT2D eigenvalue weighted by Gasteiger charge is -2.14. The van der Waals surface area contributed by atoms with Gasteiger partial charge in [0.05, 0.1) is 30.4 Å². The van der Waals surface area contributed by atoms with E-state index in [4.69, 9.17) is 9.15 Å². The van der Waals surface area contributed by atoms with Crippen molar-refractivity contribution in [3.8, 4) is 11.4 Å². The molecule has 1 amide bonds. The van der Waals surface area contributed by atoms with E-state index in [2.05, 4.69) is 10.3 Å². The number of nitrogens with zero attached hydrogens (tertiary/aromatic N) is 2. The first-order valence-electron chi connectivity index (χ1n) is 10.0. The van der Waals surface area contributed by atoms with E-state index in [1.807, 2.05) is 49.4 Å². The van der Waals surface area contributed by atoms with E-state index in [1.54, 1.807) is 36.1 Å². The maximum Gasteiger partial charge on any atom is 0.277 e. The van der Waals surface area contributed by atoms with Crippen LogP contribution in [0.1, 0.15) is 30.8 Å². The third kappa shape index (κ3) is 4.35. The van der Waals surface area contributed by atoms with Gasteiger partial charge in [-0.15, -0.1) is 0 Å². The third-order valence-corrected chi connectivity index (χ3v) is 5.09. The molecule has 7 nitrogen and oxygen atoms in total. The number of para-hydroxylation sites is 2. The number of methoxy groups -OCH3 is 1. The van der Waals surface area contributed by atoms with Crippen molar-refractivity contribution in [2.24, 2.45) is 0 Å². The molecule has 1 atom stereocenters. The molecule has 0 saturated carbocycles. The number of carbonyl (C=O) groups excluding carboxylic acids is 1. The monoisotopic (exact) mass is 417 g/mol. The van der Waals surface area contributed by atoms with E-state index < -0.39 is 0 Å². The first-order chi connectivity index (χ1) is 15.1. The van der Waals surface area contributed by atoms with Crippen LogP contribution in [0.5, 0.6) is 5.75 Å². The van der Waals surface area contributed by atoms with E-state index in [9.17, 15) is 9.59 Å². The Hall–Kier alpha value is -3.87. The maximum atomic E-state index is 13.3. The number of benzene rings is 2. The van der Waals surface area contributed by atoms with E-state index in [0.29, 0.717) is 33.9 Å². The Kier molecular flexibility index (Phi) is 5.84. The van der Waals surface area contributed by atoms with Gasteiger partial charge in [-0.3, -0.25) is 14.2 Å². The van der Waals surface area contributed by atoms with Crippen molar-refractivity contribution in [1.29, 1.82) is 0 Å². The van der Waals surface area contributed by atoms with Gasteiger partial charge in [-0.1, -0.05) is 12.1 Å². The van der Waals surface area contributed by atoms with Crippen LogP contribution in [0.25, 0.3) is 16.7 Å². The second kappa shape index (κ2) is 8.87. The Morgan fingerprint density at radius 2 is 1.90 bits per heavy atom. The molecule has 7 heteroatoms. The Morgan fingerprint density at radius 3 is 2.61 bits per heavy atom. The van der Waals surface area contributed by atoms with Gasteiger partial charge >= 0.3 is 0 Å². The topological polar surface area (TPSA) is 86.4 Å². The summed E-state index contributed by atoms with van der Waals surface area (Å²) < 4.78 is 12.2. The summed E-state index contributed by atoms with van der Waals surface area (Å²) in [4.78, 5) is 30.2. The Labute approximate surface area is 179 Å². The van der Waals surface area contributed by atoms with Crippen LogP contribution < -0.4 is 15.6 Å². The molecule has 0 saturated heterocycles. The fourth-order valence-corrected chi connectivity index (χ4v) is 3.48. The zero-order valence-corrected chi connectivity index (χ0v) is 17.4. The summed E-state index contributed by atoms with van der Waals surface area (Å²) in [6, 6.07) is 18.1. The van der Waals surface area contributed by atoms with Crippen molar-refractivity contribution < 1.29 is 13.9 Å². The Balaban J connectivity index is 1.61. The van der Waals surface area contributed by atoms with Crippen molar-refractivity contribution in [2.75, 3.05) is 7.11 Å². The minimum absolute atomic E-state index is 0.147. The molecule has 2 aromatic heterocycles. The molecule has 0 aliphatic carbocycles. The number of carbonyl (C=O) groups is 1. The van der Waals surface area contributed by atoms with Crippen molar-refractivity contribution in [1.82, 2.24) is 14.9 Å². The smallest absolute Gasteiger partial charge is 0.277 e. The number of rotatable bonds is 7. The van der Waals surface area contributed by atoms with Crippen LogP contribution in [-0.2, 0) is 11.2 Å². The van der Waals surface area contributed by atoms with Crippen LogP contribution >= 0.6 is 0 Å². The number of hydrogen-bond acceptors (Lipinski definition) is 5. The lowest BCUT2D eigenvalue weighted by Crippen LogP contribution is -2.29. The Bertz CT molecular complexity index is 1240. The van der Waals surface area contributed by atoms with Crippen LogP contribution in [0.3, 0.4) is 0 Å². The van der Waals surface area contributed by atoms with Gasteiger partial charge in [-0.25, -0.2) is 4.98 Å². The number of hydrogen-bond donors (Lipinski definition) is 1. The van der Waals surface area contributed by atoms with Crippen LogP contribution in [-0.4, -0.2) is 22.6 Å². The normalized spacial score (nSPS) is 11.9. The van der Waals surface area contributed by atoms with Crippen molar-refractivity contribution >= 4 is 16.9 Å². The van der Waals surface area contributed by atoms with E-state index in [1.165, 1.54) is 0 Å². The molecule has 1 N–H and O–H groups in total. The first kappa shape index (κ1) is 20.4. The van der Waals surface area contributed by atoms with Crippen molar-refractivity contribution in [3.63, 3.8) is 0 Å². The van der Waals surface area contributed by atoms with Gasteiger partial charge in [-0.2, -0.15) is 0 Å². The molecule has 2 aromatic carbocycles. The average molecular weight is 417 g/mol. The molecule has 0 aliphatic rings. The van der Waals surface area contributed by atoms with Crippen LogP contribution in [0.15, 0.2) is 76.1 Å². The van der Waals surface area contributed by atoms with Crippen LogP contribution in [0.4, 0.5) is 0 Å². The molecular weight excluding hydrogens is 394 g/mol. The lowest BCUT2D eigenvalue weighted by atomic mass is 10.2. The number of nitrogens with one attached hydrogen (secondary N) is 1. The largest absolute Gasteiger partial charge is 0.497 e. The van der Waals surface area contributed by atoms with Crippen molar-refractivity contribution in [3.05, 3.63) is 88.7 Å². The molecule has 158 valence electrons. The fraction of sp³-hybridized carbons (Fsp3) is 0.208. The summed E-state index contributed by atoms with van der Waals surface area (Å²) in [7, 11) is 1.60. The second-order valence-electron chi connectivity index (χ2n) is 7.19. The maximum absolute atomic E-state index is 13.3. The minimum atomic E-state index is -0.247. The van der Waals surface area contributed by atoms with Gasteiger partial charge in [0.15, 0.2) is 0 Å². The minimum Gasteiger partial charge on any atom is -0.497 e. The number of fused-ring (bicyclic) bond motifs is 1. The highest BCUT2D eigenvalue weighted by molar-refractivity contribution is 5.78. The molecule has 0 aliphatic heterocycles. The molecule has 0 fully saturated rings. The summed E-state index contributed by atoms with van der Waals surface area (Å²) in [5, 5.41) is 2.88. The molecule has 31 heavy (non-hydrogen) atoms. The Morgan fingerprint density at radius 1 is 1.13 bits per heavy atom. The highest BCUT2D eigenvalue weighted by atomic mass is 16.5. The molecule has 0 spiro atoms. The molecular formula is C24H23N3O4. The highest BCUT2D eigenvalue weighted by Crippen LogP contribution is 2.19. The van der Waals surface area contributed by atoms with Gasteiger partial charge in [0, 0.05) is 18.5 Å². The summed E-state index contributed by atoms with van der Waals surface area (Å²) in [6.07, 6.45) is 1.95. The van der Waals surface area contributed by atoms with Gasteiger partial charge in [0.25, 0.3) is 5.56 Å². The standard InChI is InChI=1S/C24H23N3O4/c1-16(22-8-5-15-31-22)25-23(28)14-13-20-24(29)27(17-9-11-18(30-2)12-10-17)21-7-4-3-6-19(21)26-20/h3-12,15-16H,13-14H2,1-2H3,(H,25,28). The second-order valence-corrected chi connectivity index (χ2v) is 7.19. The summed E-state index contributed by atoms with van der Waals surface area (Å²) in [6.45, 7) is 1.85. The van der Waals surface area contributed by atoms with Gasteiger partial charge < -0.3 is 14.5 Å². The zero-order valence-electron chi connectivity index (χ0n) is 17.4. The molecule has 2 heterocycles. The number of aryl methyl sites for hydroxylation is 1. The quantitative estimate of drug-likeness (QED) is 0.494. The van der Waals surface area contributed by atoms with E-state index in [-0.39, 0.29) is 30.3 Å². The first-order valence-corrected chi connectivity index (χ1v) is 10.0. The molecule has 0 radical (unpaired) electrons. The summed E-state index contributed by atoms with van der Waals surface area (Å²) in [5.41, 5.74) is 2.21. The molecule has 4 rings (SSSR count). The number of amides is 1. The van der Waals surface area contributed by atoms with Gasteiger partial charge in [0.2, 0.25) is 5.91 Å². The summed E-state index contributed by atoms with van der Waals surface area (Å²) in [5.74, 6) is 1.21. The molecule has 0 bridgehead atoms. The number of furan rings is 1. The predicted molar refractivity (Wildman–Crippen MR) is 117 cm³/mol. The highest BCUT2D eigenvalue weighted by Gasteiger charge is 2.16. The van der Waals surface area contributed by atoms with Crippen molar-refractivity contribution in [2.45, 2.75) is 25.8 Å². The van der Waals surface area contributed by atoms with Gasteiger partial charge in [0.1, 0.15) is 17.2 Å². The zero-order chi connectivity index (χ0) is 21.8.